The Kier molecular flexibility index (Phi) is 3.69. The number of nitro benzene ring substituents is 1. The van der Waals surface area contributed by atoms with Gasteiger partial charge in [0.15, 0.2) is 5.75 Å². The summed E-state index contributed by atoms with van der Waals surface area (Å²) < 4.78 is 0. The Balaban J connectivity index is 3.50. The van der Waals surface area contributed by atoms with E-state index in [0.717, 1.165) is 0 Å². The highest BCUT2D eigenvalue weighted by Crippen LogP contribution is 2.39. The van der Waals surface area contributed by atoms with E-state index in [0.29, 0.717) is 0 Å². The van der Waals surface area contributed by atoms with Crippen LogP contribution in [0.3, 0.4) is 0 Å². The zero-order valence-electron chi connectivity index (χ0n) is 8.48. The fraction of sp³-hybridized carbons (Fsp3) is 0.333. The molecule has 0 aliphatic carbocycles. The fourth-order valence-corrected chi connectivity index (χ4v) is 1.55. The van der Waals surface area contributed by atoms with Gasteiger partial charge in [0.1, 0.15) is 0 Å². The predicted octanol–water partition coefficient (Wildman–Crippen LogP) is 1.25. The second-order valence-electron chi connectivity index (χ2n) is 3.32. The second-order valence-corrected chi connectivity index (χ2v) is 3.72. The topological polar surface area (TPSA) is 110 Å². The third kappa shape index (κ3) is 2.08. The SMILES string of the molecule is Cc1c(Cl)cc([C@H](N)CO)c(O)c1[N+](=O)[O-]. The lowest BCUT2D eigenvalue weighted by atomic mass is 10.0. The van der Waals surface area contributed by atoms with Crippen molar-refractivity contribution in [3.8, 4) is 5.75 Å². The molecule has 0 amide bonds. The van der Waals surface area contributed by atoms with Crippen molar-refractivity contribution in [3.63, 3.8) is 0 Å². The lowest BCUT2D eigenvalue weighted by molar-refractivity contribution is -0.386. The van der Waals surface area contributed by atoms with Gasteiger partial charge in [0.25, 0.3) is 0 Å². The highest BCUT2D eigenvalue weighted by atomic mass is 35.5. The summed E-state index contributed by atoms with van der Waals surface area (Å²) in [7, 11) is 0. The quantitative estimate of drug-likeness (QED) is 0.549. The molecule has 88 valence electrons. The largest absolute Gasteiger partial charge is 0.502 e. The summed E-state index contributed by atoms with van der Waals surface area (Å²) in [6.07, 6.45) is 0. The Bertz CT molecular complexity index is 436. The van der Waals surface area contributed by atoms with E-state index in [9.17, 15) is 15.2 Å². The summed E-state index contributed by atoms with van der Waals surface area (Å²) in [5.74, 6) is -0.548. The summed E-state index contributed by atoms with van der Waals surface area (Å²) in [6.45, 7) is 0.985. The Morgan fingerprint density at radius 1 is 1.69 bits per heavy atom. The van der Waals surface area contributed by atoms with Gasteiger partial charge in [-0.1, -0.05) is 11.6 Å². The Morgan fingerprint density at radius 2 is 2.25 bits per heavy atom. The van der Waals surface area contributed by atoms with Crippen molar-refractivity contribution >= 4 is 17.3 Å². The first-order valence-electron chi connectivity index (χ1n) is 4.43. The number of nitrogens with zero attached hydrogens (tertiary/aromatic N) is 1. The first-order chi connectivity index (χ1) is 7.40. The fourth-order valence-electron chi connectivity index (χ4n) is 1.34. The molecule has 1 aromatic carbocycles. The number of nitro groups is 1. The number of benzene rings is 1. The van der Waals surface area contributed by atoms with Crippen LogP contribution in [0, 0.1) is 17.0 Å². The van der Waals surface area contributed by atoms with Crippen LogP contribution in [-0.2, 0) is 0 Å². The van der Waals surface area contributed by atoms with Gasteiger partial charge < -0.3 is 15.9 Å². The molecule has 0 radical (unpaired) electrons. The van der Waals surface area contributed by atoms with Gasteiger partial charge in [-0.3, -0.25) is 10.1 Å². The molecule has 0 saturated carbocycles. The number of aromatic hydroxyl groups is 1. The van der Waals surface area contributed by atoms with E-state index in [1.807, 2.05) is 0 Å². The molecule has 0 saturated heterocycles. The summed E-state index contributed by atoms with van der Waals surface area (Å²) in [6, 6.07) is 0.414. The molecule has 0 heterocycles. The van der Waals surface area contributed by atoms with Gasteiger partial charge in [0, 0.05) is 11.1 Å². The molecule has 16 heavy (non-hydrogen) atoms. The van der Waals surface area contributed by atoms with Crippen LogP contribution in [-0.4, -0.2) is 21.7 Å². The van der Waals surface area contributed by atoms with E-state index in [2.05, 4.69) is 0 Å². The Labute approximate surface area is 96.4 Å². The molecule has 4 N–H and O–H groups in total. The molecule has 1 atom stereocenters. The number of aliphatic hydroxyl groups excluding tert-OH is 1. The highest BCUT2D eigenvalue weighted by Gasteiger charge is 2.25. The molecule has 6 nitrogen and oxygen atoms in total. The standard InChI is InChI=1S/C9H11ClN2O4/c1-4-6(10)2-5(7(11)3-13)9(14)8(4)12(15)16/h2,7,13-14H,3,11H2,1H3/t7-/m1/s1. The van der Waals surface area contributed by atoms with Crippen molar-refractivity contribution in [2.75, 3.05) is 6.61 Å². The lowest BCUT2D eigenvalue weighted by Gasteiger charge is -2.12. The number of phenols is 1. The third-order valence-corrected chi connectivity index (χ3v) is 2.66. The lowest BCUT2D eigenvalue weighted by Crippen LogP contribution is -2.15. The van der Waals surface area contributed by atoms with Gasteiger partial charge in [-0.2, -0.15) is 0 Å². The molecule has 0 fully saturated rings. The minimum Gasteiger partial charge on any atom is -0.502 e. The normalized spacial score (nSPS) is 12.5. The van der Waals surface area contributed by atoms with E-state index in [1.54, 1.807) is 0 Å². The number of hydrogen-bond donors (Lipinski definition) is 3. The zero-order valence-corrected chi connectivity index (χ0v) is 9.23. The molecule has 1 aromatic rings. The van der Waals surface area contributed by atoms with Crippen molar-refractivity contribution in [2.45, 2.75) is 13.0 Å². The van der Waals surface area contributed by atoms with Crippen LogP contribution in [0.4, 0.5) is 5.69 Å². The van der Waals surface area contributed by atoms with Crippen molar-refractivity contribution < 1.29 is 15.1 Å². The first-order valence-corrected chi connectivity index (χ1v) is 4.80. The Hall–Kier alpha value is -1.37. The van der Waals surface area contributed by atoms with Crippen molar-refractivity contribution in [2.24, 2.45) is 5.73 Å². The summed E-state index contributed by atoms with van der Waals surface area (Å²) >= 11 is 5.78. The number of rotatable bonds is 3. The zero-order chi connectivity index (χ0) is 12.5. The van der Waals surface area contributed by atoms with E-state index >= 15 is 0 Å². The minimum absolute atomic E-state index is 0.0600. The van der Waals surface area contributed by atoms with Crippen LogP contribution in [0.5, 0.6) is 5.75 Å². The van der Waals surface area contributed by atoms with Crippen LogP contribution >= 0.6 is 11.6 Å². The van der Waals surface area contributed by atoms with Gasteiger partial charge in [-0.05, 0) is 13.0 Å². The highest BCUT2D eigenvalue weighted by molar-refractivity contribution is 6.31. The summed E-state index contributed by atoms with van der Waals surface area (Å²) in [5, 5.41) is 29.4. The maximum atomic E-state index is 10.7. The molecule has 0 bridgehead atoms. The van der Waals surface area contributed by atoms with E-state index in [4.69, 9.17) is 22.4 Å². The van der Waals surface area contributed by atoms with Crippen LogP contribution in [0.2, 0.25) is 5.02 Å². The molecular weight excluding hydrogens is 236 g/mol. The molecule has 0 spiro atoms. The molecule has 0 aliphatic heterocycles. The maximum absolute atomic E-state index is 10.7. The molecule has 7 heteroatoms. The summed E-state index contributed by atoms with van der Waals surface area (Å²) in [5.41, 5.74) is 5.24. The van der Waals surface area contributed by atoms with Crippen LogP contribution < -0.4 is 5.73 Å². The number of nitrogens with two attached hydrogens (primary N) is 1. The van der Waals surface area contributed by atoms with Crippen molar-refractivity contribution in [1.82, 2.24) is 0 Å². The van der Waals surface area contributed by atoms with Crippen LogP contribution in [0.15, 0.2) is 6.07 Å². The second kappa shape index (κ2) is 4.65. The predicted molar refractivity (Wildman–Crippen MR) is 58.5 cm³/mol. The third-order valence-electron chi connectivity index (χ3n) is 2.27. The van der Waals surface area contributed by atoms with Gasteiger partial charge in [-0.25, -0.2) is 0 Å². The maximum Gasteiger partial charge on any atom is 0.315 e. The number of phenolic OH excluding ortho intramolecular Hbond substituents is 1. The van der Waals surface area contributed by atoms with Crippen LogP contribution in [0.1, 0.15) is 17.2 Å². The molecule has 0 unspecified atom stereocenters. The van der Waals surface area contributed by atoms with Gasteiger partial charge in [0.05, 0.1) is 22.6 Å². The smallest absolute Gasteiger partial charge is 0.315 e. The van der Waals surface area contributed by atoms with Gasteiger partial charge >= 0.3 is 5.69 Å². The summed E-state index contributed by atoms with van der Waals surface area (Å²) in [4.78, 5) is 10.0. The van der Waals surface area contributed by atoms with Gasteiger partial charge in [-0.15, -0.1) is 0 Å². The van der Waals surface area contributed by atoms with Gasteiger partial charge in [0.2, 0.25) is 0 Å². The van der Waals surface area contributed by atoms with E-state index < -0.39 is 29.0 Å². The molecule has 1 rings (SSSR count). The van der Waals surface area contributed by atoms with E-state index in [1.165, 1.54) is 13.0 Å². The van der Waals surface area contributed by atoms with Crippen molar-refractivity contribution in [3.05, 3.63) is 32.3 Å². The average Bonchev–Trinajstić information content (AvgIpc) is 2.22. The monoisotopic (exact) mass is 246 g/mol. The average molecular weight is 247 g/mol. The number of hydrogen-bond acceptors (Lipinski definition) is 5. The molecule has 0 aromatic heterocycles. The molecular formula is C9H11ClN2O4. The number of aliphatic hydroxyl groups is 1. The van der Waals surface area contributed by atoms with Crippen LogP contribution in [0.25, 0.3) is 0 Å². The van der Waals surface area contributed by atoms with Crippen molar-refractivity contribution in [1.29, 1.82) is 0 Å². The first kappa shape index (κ1) is 12.7. The Morgan fingerprint density at radius 3 is 2.69 bits per heavy atom. The minimum atomic E-state index is -0.906. The van der Waals surface area contributed by atoms with E-state index in [-0.39, 0.29) is 16.1 Å². The molecule has 0 aliphatic rings. The number of halogens is 1.